The van der Waals surface area contributed by atoms with Crippen molar-refractivity contribution in [3.8, 4) is 0 Å². The Bertz CT molecular complexity index is 2200. The van der Waals surface area contributed by atoms with E-state index in [4.69, 9.17) is 0 Å². The Morgan fingerprint density at radius 2 is 0.860 bits per heavy atom. The molecule has 0 spiro atoms. The predicted octanol–water partition coefficient (Wildman–Crippen LogP) is 3.85. The average Bonchev–Trinajstić information content (AvgIpc) is 3.86. The van der Waals surface area contributed by atoms with Crippen LogP contribution >= 0.6 is 0 Å². The molecule has 10 rings (SSSR count). The van der Waals surface area contributed by atoms with Crippen LogP contribution in [-0.2, 0) is 23.3 Å². The summed E-state index contributed by atoms with van der Waals surface area (Å²) < 4.78 is 0. The van der Waals surface area contributed by atoms with Crippen molar-refractivity contribution in [1.82, 2.24) is 0 Å². The molecular weight excluding hydrogens is 743 g/mol. The van der Waals surface area contributed by atoms with Gasteiger partial charge in [0.25, 0.3) is 0 Å². The third-order valence-corrected chi connectivity index (χ3v) is 15.5. The van der Waals surface area contributed by atoms with E-state index in [9.17, 15) is 0 Å². The standard InChI is InChI=1S/2C17H11.C12H10Si.2ClH.Zr/c2*1-2-6-14-12(4-1)8-10-17-15-7-3-5-13(15)9-11-16(14)17;1-3-7-11(8-4-1)13-12-9-5-2-6-10-12;;;/h2*1-8,10-11,15H;1-10H;2*1H;/q2*-1;;;;+2/p-2. The van der Waals surface area contributed by atoms with Crippen molar-refractivity contribution in [3.63, 3.8) is 0 Å². The molecule has 0 aliphatic heterocycles. The Labute approximate surface area is 322 Å². The van der Waals surface area contributed by atoms with Crippen LogP contribution in [0.15, 0.2) is 181 Å². The maximum atomic E-state index is 3.40. The second-order valence-corrected chi connectivity index (χ2v) is 17.8. The van der Waals surface area contributed by atoms with Crippen LogP contribution in [0.4, 0.5) is 0 Å². The molecular formula is C46H32Cl2SiZr-2. The van der Waals surface area contributed by atoms with Gasteiger partial charge in [-0.3, -0.25) is 0 Å². The molecule has 0 saturated carbocycles. The molecule has 0 amide bonds. The van der Waals surface area contributed by atoms with E-state index in [1.54, 1.807) is 23.3 Å². The first-order valence-electron chi connectivity index (χ1n) is 16.4. The van der Waals surface area contributed by atoms with Crippen molar-refractivity contribution >= 4 is 49.5 Å². The van der Waals surface area contributed by atoms with Gasteiger partial charge >= 0.3 is 99.8 Å². The summed E-state index contributed by atoms with van der Waals surface area (Å²) in [6, 6.07) is 47.7. The van der Waals surface area contributed by atoms with E-state index in [1.165, 1.54) is 65.3 Å². The molecule has 4 aliphatic carbocycles. The third-order valence-electron chi connectivity index (χ3n) is 9.40. The SMILES string of the molecule is [C-]1=Cc2c(ccc3ccccc23)C2C=CC=C12.[C-]1=Cc2c(ccc3ccccc23)C2C=CC=C12.[Cl-].[Cl-].[Zr+2]=[Si](c1ccccc1)c1ccccc1. The number of halogens is 2. The van der Waals surface area contributed by atoms with Crippen molar-refractivity contribution in [2.24, 2.45) is 0 Å². The number of rotatable bonds is 2. The van der Waals surface area contributed by atoms with Crippen LogP contribution in [0, 0.1) is 12.2 Å². The molecule has 0 N–H and O–H groups in total. The van der Waals surface area contributed by atoms with Gasteiger partial charge in [0.1, 0.15) is 0 Å². The number of hydrogen-bond acceptors (Lipinski definition) is 0. The summed E-state index contributed by atoms with van der Waals surface area (Å²) in [5.41, 5.74) is 7.59. The fourth-order valence-corrected chi connectivity index (χ4v) is 10.8. The zero-order valence-electron chi connectivity index (χ0n) is 27.2. The van der Waals surface area contributed by atoms with Gasteiger partial charge in [-0.25, -0.2) is 0 Å². The monoisotopic (exact) mass is 772 g/mol. The van der Waals surface area contributed by atoms with E-state index in [0.717, 1.165) is 0 Å². The van der Waals surface area contributed by atoms with E-state index in [2.05, 4.69) is 194 Å². The fraction of sp³-hybridized carbons (Fsp3) is 0.0435. The van der Waals surface area contributed by atoms with Gasteiger partial charge in [-0.05, 0) is 22.6 Å². The van der Waals surface area contributed by atoms with Gasteiger partial charge < -0.3 is 24.8 Å². The van der Waals surface area contributed by atoms with Gasteiger partial charge in [0.15, 0.2) is 0 Å². The molecule has 0 radical (unpaired) electrons. The van der Waals surface area contributed by atoms with E-state index in [-0.39, 0.29) is 24.8 Å². The van der Waals surface area contributed by atoms with Crippen molar-refractivity contribution in [1.29, 1.82) is 0 Å². The molecule has 6 aromatic rings. The maximum absolute atomic E-state index is 3.40. The van der Waals surface area contributed by atoms with Gasteiger partial charge in [0.2, 0.25) is 0 Å². The van der Waals surface area contributed by atoms with Crippen LogP contribution in [-0.4, -0.2) is 5.43 Å². The molecule has 4 heteroatoms. The van der Waals surface area contributed by atoms with Crippen molar-refractivity contribution in [3.05, 3.63) is 215 Å². The number of benzene rings is 6. The van der Waals surface area contributed by atoms with Gasteiger partial charge in [0, 0.05) is 0 Å². The van der Waals surface area contributed by atoms with Gasteiger partial charge in [-0.15, -0.1) is 23.3 Å². The number of allylic oxidation sites excluding steroid dienone is 10. The summed E-state index contributed by atoms with van der Waals surface area (Å²) in [5, 5.41) is 8.30. The topological polar surface area (TPSA) is 0 Å². The van der Waals surface area contributed by atoms with Crippen molar-refractivity contribution < 1.29 is 48.1 Å². The molecule has 0 aromatic heterocycles. The Kier molecular flexibility index (Phi) is 11.7. The van der Waals surface area contributed by atoms with Gasteiger partial charge in [-0.1, -0.05) is 107 Å². The van der Waals surface area contributed by atoms with Crippen LogP contribution < -0.4 is 35.2 Å². The van der Waals surface area contributed by atoms with Crippen LogP contribution in [0.5, 0.6) is 0 Å². The summed E-state index contributed by atoms with van der Waals surface area (Å²) in [4.78, 5) is 0. The number of fused-ring (bicyclic) bond motifs is 10. The van der Waals surface area contributed by atoms with Crippen molar-refractivity contribution in [2.45, 2.75) is 11.8 Å². The Morgan fingerprint density at radius 1 is 0.460 bits per heavy atom. The molecule has 2 unspecified atom stereocenters. The van der Waals surface area contributed by atoms with Crippen molar-refractivity contribution in [2.75, 3.05) is 0 Å². The molecule has 6 aromatic carbocycles. The molecule has 4 aliphatic rings. The molecule has 0 bridgehead atoms. The van der Waals surface area contributed by atoms with E-state index < -0.39 is 5.43 Å². The van der Waals surface area contributed by atoms with Gasteiger partial charge in [0.05, 0.1) is 0 Å². The molecule has 2 atom stereocenters. The summed E-state index contributed by atoms with van der Waals surface area (Å²) in [7, 11) is 0. The van der Waals surface area contributed by atoms with E-state index >= 15 is 0 Å². The molecule has 0 nitrogen and oxygen atoms in total. The summed E-state index contributed by atoms with van der Waals surface area (Å²) >= 11 is 1.64. The van der Waals surface area contributed by atoms with Crippen LogP contribution in [0.2, 0.25) is 0 Å². The quantitative estimate of drug-likeness (QED) is 0.186. The second kappa shape index (κ2) is 16.3. The first-order valence-corrected chi connectivity index (χ1v) is 21.6. The molecule has 0 heterocycles. The zero-order valence-corrected chi connectivity index (χ0v) is 32.2. The normalized spacial score (nSPS) is 16.5. The molecule has 0 fully saturated rings. The summed E-state index contributed by atoms with van der Waals surface area (Å²) in [6.45, 7) is 0. The summed E-state index contributed by atoms with van der Waals surface area (Å²) in [6.07, 6.45) is 24.1. The first-order chi connectivity index (χ1) is 23.7. The third kappa shape index (κ3) is 7.23. The Balaban J connectivity index is 0.000000128. The average molecular weight is 775 g/mol. The van der Waals surface area contributed by atoms with Crippen LogP contribution in [0.3, 0.4) is 0 Å². The van der Waals surface area contributed by atoms with E-state index in [1.807, 2.05) is 0 Å². The Morgan fingerprint density at radius 3 is 1.30 bits per heavy atom. The minimum atomic E-state index is -0.455. The predicted molar refractivity (Wildman–Crippen MR) is 201 cm³/mol. The second-order valence-electron chi connectivity index (χ2n) is 12.2. The number of hydrogen-bond donors (Lipinski definition) is 0. The molecule has 240 valence electrons. The van der Waals surface area contributed by atoms with E-state index in [0.29, 0.717) is 11.8 Å². The fourth-order valence-electron chi connectivity index (χ4n) is 6.95. The molecule has 0 saturated heterocycles. The zero-order chi connectivity index (χ0) is 32.3. The van der Waals surface area contributed by atoms with Crippen LogP contribution in [0.25, 0.3) is 33.7 Å². The summed E-state index contributed by atoms with van der Waals surface area (Å²) in [5.74, 6) is 0.833. The minimum absolute atomic E-state index is 0. The first kappa shape index (κ1) is 35.8. The molecule has 50 heavy (non-hydrogen) atoms. The Hall–Kier alpha value is -4.04. The van der Waals surface area contributed by atoms with Crippen LogP contribution in [0.1, 0.15) is 34.1 Å². The van der Waals surface area contributed by atoms with Gasteiger partial charge in [-0.2, -0.15) is 47.6 Å².